The summed E-state index contributed by atoms with van der Waals surface area (Å²) in [5, 5.41) is 10.0. The van der Waals surface area contributed by atoms with Crippen molar-refractivity contribution in [2.45, 2.75) is 0 Å². The standard InChI is InChI=1S/C7H4N2O3/c8-3-1-2-5(10)6-4-7(11)9-12-6/h1-2,4H,(H,9,11). The zero-order valence-electron chi connectivity index (χ0n) is 5.90. The summed E-state index contributed by atoms with van der Waals surface area (Å²) in [4.78, 5) is 21.4. The molecule has 0 aliphatic rings. The first kappa shape index (κ1) is 8.01. The molecule has 1 heterocycles. The third-order valence-corrected chi connectivity index (χ3v) is 1.08. The SMILES string of the molecule is N#CC=CC(=O)c1cc(=O)[nH]o1. The van der Waals surface area contributed by atoms with Gasteiger partial charge in [-0.15, -0.1) is 0 Å². The molecule has 0 bridgehead atoms. The van der Waals surface area contributed by atoms with Crippen LogP contribution < -0.4 is 5.56 Å². The van der Waals surface area contributed by atoms with Gasteiger partial charge in [-0.2, -0.15) is 10.4 Å². The highest BCUT2D eigenvalue weighted by Gasteiger charge is 2.06. The van der Waals surface area contributed by atoms with E-state index in [4.69, 9.17) is 5.26 Å². The molecule has 1 N–H and O–H groups in total. The van der Waals surface area contributed by atoms with Crippen molar-refractivity contribution in [3.63, 3.8) is 0 Å². The maximum Gasteiger partial charge on any atom is 0.280 e. The summed E-state index contributed by atoms with van der Waals surface area (Å²) < 4.78 is 4.48. The van der Waals surface area contributed by atoms with Gasteiger partial charge in [-0.1, -0.05) is 0 Å². The summed E-state index contributed by atoms with van der Waals surface area (Å²) in [5.41, 5.74) is -0.483. The first-order valence-electron chi connectivity index (χ1n) is 3.03. The maximum absolute atomic E-state index is 10.9. The van der Waals surface area contributed by atoms with Gasteiger partial charge < -0.3 is 4.52 Å². The molecule has 0 aliphatic carbocycles. The second-order valence-corrected chi connectivity index (χ2v) is 1.90. The Bertz CT molecular complexity index is 405. The van der Waals surface area contributed by atoms with Gasteiger partial charge in [0.2, 0.25) is 11.5 Å². The lowest BCUT2D eigenvalue weighted by Crippen LogP contribution is -1.95. The van der Waals surface area contributed by atoms with Crippen LogP contribution in [-0.4, -0.2) is 10.9 Å². The number of nitriles is 1. The highest BCUT2D eigenvalue weighted by molar-refractivity contribution is 6.02. The molecule has 0 aromatic carbocycles. The molecular weight excluding hydrogens is 160 g/mol. The number of carbonyl (C=O) groups excluding carboxylic acids is 1. The number of hydrogen-bond acceptors (Lipinski definition) is 4. The maximum atomic E-state index is 10.9. The van der Waals surface area contributed by atoms with Crippen LogP contribution in [0.15, 0.2) is 27.5 Å². The minimum absolute atomic E-state index is 0.105. The summed E-state index contributed by atoms with van der Waals surface area (Å²) in [7, 11) is 0. The van der Waals surface area contributed by atoms with Crippen LogP contribution in [0.5, 0.6) is 0 Å². The molecule has 5 nitrogen and oxygen atoms in total. The van der Waals surface area contributed by atoms with Crippen LogP contribution in [0, 0.1) is 11.3 Å². The van der Waals surface area contributed by atoms with Gasteiger partial charge >= 0.3 is 0 Å². The minimum Gasteiger partial charge on any atom is -0.375 e. The fraction of sp³-hybridized carbons (Fsp3) is 0. The number of H-pyrrole nitrogens is 1. The Morgan fingerprint density at radius 3 is 3.00 bits per heavy atom. The number of aromatic amines is 1. The van der Waals surface area contributed by atoms with Crippen LogP contribution in [0.1, 0.15) is 10.6 Å². The van der Waals surface area contributed by atoms with Crippen LogP contribution in [0.4, 0.5) is 0 Å². The molecule has 12 heavy (non-hydrogen) atoms. The molecule has 5 heteroatoms. The molecule has 1 aromatic rings. The first-order valence-corrected chi connectivity index (χ1v) is 3.03. The van der Waals surface area contributed by atoms with E-state index in [1.807, 2.05) is 5.16 Å². The molecule has 0 saturated carbocycles. The van der Waals surface area contributed by atoms with Gasteiger partial charge in [0.25, 0.3) is 5.56 Å². The molecule has 0 amide bonds. The summed E-state index contributed by atoms with van der Waals surface area (Å²) in [6.07, 6.45) is 2.03. The number of nitrogens with one attached hydrogen (secondary N) is 1. The van der Waals surface area contributed by atoms with Crippen LogP contribution in [0.2, 0.25) is 0 Å². The third-order valence-electron chi connectivity index (χ3n) is 1.08. The van der Waals surface area contributed by atoms with Gasteiger partial charge in [-0.25, -0.2) is 0 Å². The quantitative estimate of drug-likeness (QED) is 0.385. The molecule has 0 unspecified atom stereocenters. The third kappa shape index (κ3) is 1.70. The highest BCUT2D eigenvalue weighted by Crippen LogP contribution is 1.95. The molecule has 0 aliphatic heterocycles. The smallest absolute Gasteiger partial charge is 0.280 e. The normalized spacial score (nSPS) is 9.92. The van der Waals surface area contributed by atoms with E-state index in [2.05, 4.69) is 4.52 Å². The Kier molecular flexibility index (Phi) is 2.23. The summed E-state index contributed by atoms with van der Waals surface area (Å²) >= 11 is 0. The fourth-order valence-corrected chi connectivity index (χ4v) is 0.600. The van der Waals surface area contributed by atoms with E-state index in [9.17, 15) is 9.59 Å². The van der Waals surface area contributed by atoms with E-state index in [1.165, 1.54) is 0 Å². The summed E-state index contributed by atoms with van der Waals surface area (Å²) in [6.45, 7) is 0. The average Bonchev–Trinajstić information content (AvgIpc) is 2.47. The molecule has 0 spiro atoms. The Hall–Kier alpha value is -2.09. The number of aromatic nitrogens is 1. The van der Waals surface area contributed by atoms with Crippen molar-refractivity contribution in [1.29, 1.82) is 5.26 Å². The van der Waals surface area contributed by atoms with E-state index in [0.29, 0.717) is 0 Å². The van der Waals surface area contributed by atoms with E-state index in [-0.39, 0.29) is 5.76 Å². The largest absolute Gasteiger partial charge is 0.375 e. The lowest BCUT2D eigenvalue weighted by atomic mass is 10.3. The molecule has 0 saturated heterocycles. The topological polar surface area (TPSA) is 86.9 Å². The van der Waals surface area contributed by atoms with E-state index >= 15 is 0 Å². The number of carbonyl (C=O) groups is 1. The fourth-order valence-electron chi connectivity index (χ4n) is 0.600. The lowest BCUT2D eigenvalue weighted by Gasteiger charge is -1.81. The second kappa shape index (κ2) is 3.34. The van der Waals surface area contributed by atoms with E-state index in [1.54, 1.807) is 6.07 Å². The Morgan fingerprint density at radius 2 is 2.50 bits per heavy atom. The van der Waals surface area contributed by atoms with Crippen LogP contribution >= 0.6 is 0 Å². The van der Waals surface area contributed by atoms with Gasteiger partial charge in [0.1, 0.15) is 0 Å². The monoisotopic (exact) mass is 164 g/mol. The van der Waals surface area contributed by atoms with Crippen molar-refractivity contribution in [2.75, 3.05) is 0 Å². The zero-order valence-corrected chi connectivity index (χ0v) is 5.90. The van der Waals surface area contributed by atoms with E-state index in [0.717, 1.165) is 18.2 Å². The molecule has 60 valence electrons. The molecule has 0 atom stereocenters. The number of rotatable bonds is 2. The highest BCUT2D eigenvalue weighted by atomic mass is 16.5. The van der Waals surface area contributed by atoms with Gasteiger partial charge in [0, 0.05) is 6.08 Å². The van der Waals surface area contributed by atoms with Crippen molar-refractivity contribution < 1.29 is 9.32 Å². The van der Waals surface area contributed by atoms with E-state index < -0.39 is 11.3 Å². The summed E-state index contributed by atoms with van der Waals surface area (Å²) in [5.74, 6) is -0.624. The van der Waals surface area contributed by atoms with Crippen LogP contribution in [0.25, 0.3) is 0 Å². The van der Waals surface area contributed by atoms with Crippen molar-refractivity contribution in [1.82, 2.24) is 5.16 Å². The zero-order chi connectivity index (χ0) is 8.97. The molecule has 1 rings (SSSR count). The lowest BCUT2D eigenvalue weighted by molar-refractivity contribution is 0.101. The number of nitrogens with zero attached hydrogens (tertiary/aromatic N) is 1. The van der Waals surface area contributed by atoms with Gasteiger partial charge in [0.15, 0.2) is 0 Å². The Balaban J connectivity index is 2.87. The van der Waals surface area contributed by atoms with Crippen molar-refractivity contribution in [3.8, 4) is 6.07 Å². The van der Waals surface area contributed by atoms with Crippen molar-refractivity contribution in [2.24, 2.45) is 0 Å². The predicted octanol–water partition coefficient (Wildman–Crippen LogP) is 0.230. The summed E-state index contributed by atoms with van der Waals surface area (Å²) in [6, 6.07) is 2.66. The Labute approximate surface area is 66.9 Å². The molecule has 1 aromatic heterocycles. The number of allylic oxidation sites excluding steroid dienone is 2. The molecule has 0 fully saturated rings. The Morgan fingerprint density at radius 1 is 1.75 bits per heavy atom. The van der Waals surface area contributed by atoms with Crippen molar-refractivity contribution in [3.05, 3.63) is 34.3 Å². The molecule has 0 radical (unpaired) electrons. The average molecular weight is 164 g/mol. The number of ketones is 1. The first-order chi connectivity index (χ1) is 5.74. The van der Waals surface area contributed by atoms with Crippen molar-refractivity contribution >= 4 is 5.78 Å². The minimum atomic E-state index is -0.519. The number of hydrogen-bond donors (Lipinski definition) is 1. The van der Waals surface area contributed by atoms with Crippen LogP contribution in [-0.2, 0) is 0 Å². The second-order valence-electron chi connectivity index (χ2n) is 1.90. The predicted molar refractivity (Wildman–Crippen MR) is 38.4 cm³/mol. The van der Waals surface area contributed by atoms with Gasteiger partial charge in [-0.05, 0) is 6.08 Å². The van der Waals surface area contributed by atoms with Crippen LogP contribution in [0.3, 0.4) is 0 Å². The van der Waals surface area contributed by atoms with Gasteiger partial charge in [0.05, 0.1) is 12.1 Å². The van der Waals surface area contributed by atoms with Gasteiger partial charge in [-0.3, -0.25) is 9.59 Å². The molecular formula is C7H4N2O3.